The Morgan fingerprint density at radius 3 is 2.27 bits per heavy atom. The molecule has 0 bridgehead atoms. The minimum absolute atomic E-state index is 0.216. The summed E-state index contributed by atoms with van der Waals surface area (Å²) in [6.07, 6.45) is 0. The average molecular weight is 352 g/mol. The first-order valence-corrected chi connectivity index (χ1v) is 8.29. The highest BCUT2D eigenvalue weighted by Crippen LogP contribution is 2.35. The molecule has 7 heteroatoms. The number of anilines is 2. The zero-order valence-corrected chi connectivity index (χ0v) is 14.6. The number of nitrogens with zero attached hydrogens (tertiary/aromatic N) is 4. The summed E-state index contributed by atoms with van der Waals surface area (Å²) in [6, 6.07) is 8.35. The van der Waals surface area contributed by atoms with Crippen molar-refractivity contribution in [1.82, 2.24) is 0 Å². The van der Waals surface area contributed by atoms with Gasteiger partial charge in [-0.05, 0) is 61.7 Å². The van der Waals surface area contributed by atoms with Crippen LogP contribution in [0.15, 0.2) is 46.7 Å². The van der Waals surface area contributed by atoms with Crippen LogP contribution in [0.3, 0.4) is 0 Å². The summed E-state index contributed by atoms with van der Waals surface area (Å²) in [4.78, 5) is 26.7. The van der Waals surface area contributed by atoms with Crippen molar-refractivity contribution < 1.29 is 14.0 Å². The second kappa shape index (κ2) is 5.72. The molecule has 0 aromatic heterocycles. The van der Waals surface area contributed by atoms with E-state index in [4.69, 9.17) is 0 Å². The van der Waals surface area contributed by atoms with Gasteiger partial charge in [0.2, 0.25) is 0 Å². The lowest BCUT2D eigenvalue weighted by molar-refractivity contribution is -0.121. The van der Waals surface area contributed by atoms with Crippen molar-refractivity contribution in [3.05, 3.63) is 58.9 Å². The van der Waals surface area contributed by atoms with E-state index in [1.165, 1.54) is 11.1 Å². The van der Waals surface area contributed by atoms with Gasteiger partial charge in [0.05, 0.1) is 11.4 Å². The molecule has 1 fully saturated rings. The molecule has 2 aliphatic rings. The van der Waals surface area contributed by atoms with Crippen molar-refractivity contribution in [2.24, 2.45) is 10.3 Å². The van der Waals surface area contributed by atoms with E-state index in [1.807, 2.05) is 32.0 Å². The van der Waals surface area contributed by atoms with Crippen LogP contribution in [-0.4, -0.2) is 23.9 Å². The fourth-order valence-electron chi connectivity index (χ4n) is 3.43. The van der Waals surface area contributed by atoms with E-state index in [0.29, 0.717) is 11.3 Å². The lowest BCUT2D eigenvalue weighted by Crippen LogP contribution is -2.40. The molecule has 0 spiro atoms. The molecule has 2 aromatic rings. The standard InChI is InChI=1S/C19H17FN4O2/c1-10-6-11(2)8-14(7-10)24-17-16(21-22-24)18(25)23(19(17)26)13-5-4-12(3)15(20)9-13/h4-9,16-17H,1-3H3/t16-,17-/m1/s1. The lowest BCUT2D eigenvalue weighted by atomic mass is 10.1. The number of aryl methyl sites for hydroxylation is 3. The largest absolute Gasteiger partial charge is 0.271 e. The van der Waals surface area contributed by atoms with Crippen LogP contribution in [0.25, 0.3) is 0 Å². The Morgan fingerprint density at radius 2 is 1.62 bits per heavy atom. The maximum atomic E-state index is 13.9. The van der Waals surface area contributed by atoms with Gasteiger partial charge < -0.3 is 0 Å². The molecule has 2 atom stereocenters. The summed E-state index contributed by atoms with van der Waals surface area (Å²) in [5.41, 5.74) is 3.41. The molecule has 26 heavy (non-hydrogen) atoms. The number of halogens is 1. The highest BCUT2D eigenvalue weighted by molar-refractivity contribution is 6.26. The van der Waals surface area contributed by atoms with E-state index in [9.17, 15) is 14.0 Å². The van der Waals surface area contributed by atoms with Crippen LogP contribution in [-0.2, 0) is 9.59 Å². The van der Waals surface area contributed by atoms with Crippen molar-refractivity contribution in [3.63, 3.8) is 0 Å². The van der Waals surface area contributed by atoms with Crippen LogP contribution in [0, 0.1) is 26.6 Å². The van der Waals surface area contributed by atoms with Gasteiger partial charge in [0, 0.05) is 0 Å². The van der Waals surface area contributed by atoms with Gasteiger partial charge in [-0.1, -0.05) is 17.4 Å². The maximum Gasteiger partial charge on any atom is 0.263 e. The Kier molecular flexibility index (Phi) is 3.61. The van der Waals surface area contributed by atoms with Crippen molar-refractivity contribution in [2.75, 3.05) is 9.91 Å². The predicted molar refractivity (Wildman–Crippen MR) is 94.5 cm³/mol. The third-order valence-electron chi connectivity index (χ3n) is 4.67. The smallest absolute Gasteiger partial charge is 0.263 e. The molecule has 2 aliphatic heterocycles. The van der Waals surface area contributed by atoms with E-state index in [2.05, 4.69) is 10.3 Å². The summed E-state index contributed by atoms with van der Waals surface area (Å²) in [6.45, 7) is 5.52. The van der Waals surface area contributed by atoms with E-state index in [0.717, 1.165) is 16.0 Å². The highest BCUT2D eigenvalue weighted by atomic mass is 19.1. The summed E-state index contributed by atoms with van der Waals surface area (Å²) in [7, 11) is 0. The molecule has 0 aliphatic carbocycles. The van der Waals surface area contributed by atoms with Crippen molar-refractivity contribution in [1.29, 1.82) is 0 Å². The monoisotopic (exact) mass is 352 g/mol. The predicted octanol–water partition coefficient (Wildman–Crippen LogP) is 3.25. The van der Waals surface area contributed by atoms with Crippen LogP contribution < -0.4 is 9.91 Å². The zero-order valence-electron chi connectivity index (χ0n) is 14.6. The maximum absolute atomic E-state index is 13.9. The third-order valence-corrected chi connectivity index (χ3v) is 4.67. The minimum Gasteiger partial charge on any atom is -0.271 e. The number of rotatable bonds is 2. The first-order valence-electron chi connectivity index (χ1n) is 8.29. The number of imide groups is 1. The molecule has 2 amide bonds. The molecule has 6 nitrogen and oxygen atoms in total. The molecule has 4 rings (SSSR count). The van der Waals surface area contributed by atoms with E-state index < -0.39 is 29.7 Å². The molecular formula is C19H17FN4O2. The number of fused-ring (bicyclic) bond motifs is 1. The van der Waals surface area contributed by atoms with Crippen molar-refractivity contribution >= 4 is 23.2 Å². The molecule has 0 unspecified atom stereocenters. The molecule has 1 saturated heterocycles. The normalized spacial score (nSPS) is 21.7. The molecule has 132 valence electrons. The van der Waals surface area contributed by atoms with Crippen LogP contribution in [0.5, 0.6) is 0 Å². The first-order chi connectivity index (χ1) is 12.4. The minimum atomic E-state index is -0.910. The van der Waals surface area contributed by atoms with Crippen LogP contribution >= 0.6 is 0 Å². The lowest BCUT2D eigenvalue weighted by Gasteiger charge is -2.21. The molecule has 2 heterocycles. The fraction of sp³-hybridized carbons (Fsp3) is 0.263. The number of benzene rings is 2. The summed E-state index contributed by atoms with van der Waals surface area (Å²) in [5.74, 6) is -1.40. The quantitative estimate of drug-likeness (QED) is 0.780. The van der Waals surface area contributed by atoms with E-state index >= 15 is 0 Å². The third kappa shape index (κ3) is 2.39. The topological polar surface area (TPSA) is 65.3 Å². The van der Waals surface area contributed by atoms with Gasteiger partial charge >= 0.3 is 0 Å². The summed E-state index contributed by atoms with van der Waals surface area (Å²) >= 11 is 0. The number of amides is 2. The molecule has 0 saturated carbocycles. The zero-order chi connectivity index (χ0) is 18.6. The Morgan fingerprint density at radius 1 is 0.923 bits per heavy atom. The number of hydrogen-bond donors (Lipinski definition) is 0. The summed E-state index contributed by atoms with van der Waals surface area (Å²) < 4.78 is 13.9. The Hall–Kier alpha value is -3.09. The van der Waals surface area contributed by atoms with Crippen LogP contribution in [0.4, 0.5) is 15.8 Å². The average Bonchev–Trinajstić information content (AvgIpc) is 3.11. The van der Waals surface area contributed by atoms with E-state index in [-0.39, 0.29) is 5.69 Å². The van der Waals surface area contributed by atoms with Gasteiger partial charge in [-0.3, -0.25) is 9.59 Å². The van der Waals surface area contributed by atoms with E-state index in [1.54, 1.807) is 19.1 Å². The van der Waals surface area contributed by atoms with Crippen LogP contribution in [0.2, 0.25) is 0 Å². The van der Waals surface area contributed by atoms with Gasteiger partial charge in [-0.25, -0.2) is 14.3 Å². The molecular weight excluding hydrogens is 335 g/mol. The van der Waals surface area contributed by atoms with Gasteiger partial charge in [0.1, 0.15) is 5.82 Å². The second-order valence-electron chi connectivity index (χ2n) is 6.73. The van der Waals surface area contributed by atoms with Gasteiger partial charge in [0.25, 0.3) is 11.8 Å². The van der Waals surface area contributed by atoms with Gasteiger partial charge in [-0.15, -0.1) is 0 Å². The molecule has 2 aromatic carbocycles. The number of hydrogen-bond acceptors (Lipinski definition) is 5. The Balaban J connectivity index is 1.72. The first kappa shape index (κ1) is 16.4. The fourth-order valence-corrected chi connectivity index (χ4v) is 3.43. The summed E-state index contributed by atoms with van der Waals surface area (Å²) in [5, 5.41) is 9.54. The van der Waals surface area contributed by atoms with Gasteiger partial charge in [0.15, 0.2) is 12.1 Å². The van der Waals surface area contributed by atoms with Gasteiger partial charge in [-0.2, -0.15) is 5.11 Å². The Labute approximate surface area is 149 Å². The number of carbonyl (C=O) groups excluding carboxylic acids is 2. The number of carbonyl (C=O) groups is 2. The molecule has 0 N–H and O–H groups in total. The molecule has 0 radical (unpaired) electrons. The van der Waals surface area contributed by atoms with Crippen LogP contribution in [0.1, 0.15) is 16.7 Å². The Bertz CT molecular complexity index is 952. The second-order valence-corrected chi connectivity index (χ2v) is 6.73. The van der Waals surface area contributed by atoms with Crippen molar-refractivity contribution in [2.45, 2.75) is 32.9 Å². The highest BCUT2D eigenvalue weighted by Gasteiger charge is 2.55. The van der Waals surface area contributed by atoms with Crippen molar-refractivity contribution in [3.8, 4) is 0 Å². The SMILES string of the molecule is Cc1cc(C)cc(N2N=N[C@H]3C(=O)N(c4ccc(C)c(F)c4)C(=O)[C@@H]32)c1.